The van der Waals surface area contributed by atoms with Crippen molar-refractivity contribution in [3.63, 3.8) is 0 Å². The van der Waals surface area contributed by atoms with Crippen molar-refractivity contribution >= 4 is 71.5 Å². The zero-order valence-electron chi connectivity index (χ0n) is 37.0. The van der Waals surface area contributed by atoms with Gasteiger partial charge in [0.15, 0.2) is 5.70 Å². The van der Waals surface area contributed by atoms with Gasteiger partial charge in [-0.1, -0.05) is 135 Å². The van der Waals surface area contributed by atoms with Crippen LogP contribution in [0.3, 0.4) is 0 Å². The third kappa shape index (κ3) is 5.58. The van der Waals surface area contributed by atoms with Gasteiger partial charge in [0, 0.05) is 49.2 Å². The summed E-state index contributed by atoms with van der Waals surface area (Å²) in [4.78, 5) is 2.62. The van der Waals surface area contributed by atoms with Crippen LogP contribution in [-0.2, 0) is 5.41 Å². The highest BCUT2D eigenvalue weighted by Gasteiger charge is 2.49. The van der Waals surface area contributed by atoms with E-state index in [1.165, 1.54) is 103 Å². The molecule has 314 valence electrons. The maximum absolute atomic E-state index is 4.95. The Morgan fingerprint density at radius 1 is 0.470 bits per heavy atom. The highest BCUT2D eigenvalue weighted by Crippen LogP contribution is 2.54. The van der Waals surface area contributed by atoms with E-state index in [2.05, 4.69) is 234 Å². The number of nitrogens with zero attached hydrogens (tertiary/aromatic N) is 3. The van der Waals surface area contributed by atoms with E-state index in [0.717, 1.165) is 29.9 Å². The zero-order valence-corrected chi connectivity index (χ0v) is 37.8. The largest absolute Gasteiger partial charge is 0.309 e. The first-order valence-corrected chi connectivity index (χ1v) is 24.0. The highest BCUT2D eigenvalue weighted by molar-refractivity contribution is 7.19. The third-order valence-corrected chi connectivity index (χ3v) is 15.8. The van der Waals surface area contributed by atoms with E-state index in [-0.39, 0.29) is 5.41 Å². The average molecular weight is 865 g/mol. The standard InChI is InChI=1S/C62H46N3S/c1-4-62(5-2)40(3)63-54-30-17-15-22-44(54)36-49(41-20-9-6-10-21-41)60(63)61-53(62)38-59(66-61)45-24-19-23-42(34-45)43-32-33-56-50(35-43)52-37-51-48-29-16-18-31-55(48)64(46-25-11-7-12-26-46)57(51)39-58(52)65(56)47-27-13-8-14-28-47/h6-39H,3-5H2,1-2H3/q+1. The van der Waals surface area contributed by atoms with Crippen LogP contribution in [-0.4, -0.2) is 9.13 Å². The topological polar surface area (TPSA) is 13.7 Å². The number of allylic oxidation sites excluding steroid dienone is 1. The van der Waals surface area contributed by atoms with Crippen molar-refractivity contribution in [1.29, 1.82) is 0 Å². The summed E-state index contributed by atoms with van der Waals surface area (Å²) in [5.74, 6) is 0. The van der Waals surface area contributed by atoms with Gasteiger partial charge in [-0.2, -0.15) is 4.57 Å². The first-order chi connectivity index (χ1) is 32.5. The Morgan fingerprint density at radius 2 is 1.05 bits per heavy atom. The summed E-state index contributed by atoms with van der Waals surface area (Å²) in [6.07, 6.45) is 1.94. The molecule has 0 aliphatic carbocycles. The van der Waals surface area contributed by atoms with E-state index >= 15 is 0 Å². The SMILES string of the molecule is C=C1[n+]2c(c(-c3ccccc3)cc3ccccc32)-c2sc(-c3cccc(-c4ccc5c(c4)c4cc6c7ccccc7n(-c7ccccc7)c6cc4n5-c4ccccc4)c3)cc2C1(CC)CC. The first-order valence-electron chi connectivity index (χ1n) is 23.2. The van der Waals surface area contributed by atoms with Crippen molar-refractivity contribution in [1.82, 2.24) is 9.13 Å². The molecule has 4 heteroatoms. The predicted molar refractivity (Wildman–Crippen MR) is 280 cm³/mol. The van der Waals surface area contributed by atoms with E-state index < -0.39 is 0 Å². The van der Waals surface area contributed by atoms with Crippen molar-refractivity contribution < 1.29 is 4.57 Å². The molecule has 12 aromatic rings. The Hall–Kier alpha value is -7.79. The second kappa shape index (κ2) is 14.9. The molecule has 3 nitrogen and oxygen atoms in total. The fourth-order valence-corrected chi connectivity index (χ4v) is 12.6. The van der Waals surface area contributed by atoms with Crippen LogP contribution in [0.1, 0.15) is 32.3 Å². The second-order valence-electron chi connectivity index (χ2n) is 17.8. The third-order valence-electron chi connectivity index (χ3n) is 14.6. The van der Waals surface area contributed by atoms with Gasteiger partial charge in [0.1, 0.15) is 4.88 Å². The summed E-state index contributed by atoms with van der Waals surface area (Å²) in [5.41, 5.74) is 18.0. The Labute approximate surface area is 388 Å². The molecular formula is C62H46N3S+. The van der Waals surface area contributed by atoms with Crippen LogP contribution in [0.4, 0.5) is 0 Å². The van der Waals surface area contributed by atoms with Gasteiger partial charge in [-0.05, 0) is 126 Å². The van der Waals surface area contributed by atoms with Gasteiger partial charge in [-0.15, -0.1) is 11.3 Å². The smallest absolute Gasteiger partial charge is 0.236 e. The number of pyridine rings is 1. The summed E-state index contributed by atoms with van der Waals surface area (Å²) in [6, 6.07) is 76.1. The molecule has 1 aliphatic rings. The number of aromatic nitrogens is 3. The quantitative estimate of drug-likeness (QED) is 0.142. The maximum atomic E-state index is 4.95. The normalized spacial score (nSPS) is 13.3. The molecule has 0 atom stereocenters. The average Bonchev–Trinajstić information content (AvgIpc) is 4.07. The van der Waals surface area contributed by atoms with E-state index in [1.807, 2.05) is 11.3 Å². The van der Waals surface area contributed by atoms with Gasteiger partial charge in [-0.3, -0.25) is 0 Å². The van der Waals surface area contributed by atoms with Gasteiger partial charge in [0.25, 0.3) is 0 Å². The van der Waals surface area contributed by atoms with Crippen molar-refractivity contribution in [3.8, 4) is 54.6 Å². The van der Waals surface area contributed by atoms with E-state index in [0.29, 0.717) is 0 Å². The van der Waals surface area contributed by atoms with Gasteiger partial charge in [0.2, 0.25) is 11.2 Å². The lowest BCUT2D eigenvalue weighted by atomic mass is 9.70. The summed E-state index contributed by atoms with van der Waals surface area (Å²) in [6.45, 7) is 9.62. The van der Waals surface area contributed by atoms with E-state index in [4.69, 9.17) is 6.58 Å². The molecule has 5 heterocycles. The second-order valence-corrected chi connectivity index (χ2v) is 18.9. The van der Waals surface area contributed by atoms with Crippen LogP contribution >= 0.6 is 11.3 Å². The van der Waals surface area contributed by atoms with Crippen LogP contribution < -0.4 is 4.57 Å². The molecular weight excluding hydrogens is 819 g/mol. The monoisotopic (exact) mass is 864 g/mol. The number of thiophene rings is 1. The first kappa shape index (κ1) is 38.6. The Kier molecular flexibility index (Phi) is 8.71. The van der Waals surface area contributed by atoms with Gasteiger partial charge in [0.05, 0.1) is 33.0 Å². The molecule has 0 unspecified atom stereocenters. The number of hydrogen-bond donors (Lipinski definition) is 0. The zero-order chi connectivity index (χ0) is 44.1. The number of benzene rings is 8. The number of para-hydroxylation sites is 4. The van der Waals surface area contributed by atoms with Crippen LogP contribution in [0.15, 0.2) is 213 Å². The van der Waals surface area contributed by atoms with Crippen molar-refractivity contribution in [2.24, 2.45) is 0 Å². The molecule has 0 spiro atoms. The maximum Gasteiger partial charge on any atom is 0.236 e. The Morgan fingerprint density at radius 3 is 1.77 bits per heavy atom. The number of fused-ring (bicyclic) bond motifs is 11. The summed E-state index contributed by atoms with van der Waals surface area (Å²) < 4.78 is 7.36. The molecule has 0 bridgehead atoms. The molecule has 1 aliphatic heterocycles. The van der Waals surface area contributed by atoms with Gasteiger partial charge < -0.3 is 9.13 Å². The molecule has 0 saturated carbocycles. The molecule has 8 aromatic carbocycles. The number of hydrogen-bond acceptors (Lipinski definition) is 1. The fraction of sp³-hybridized carbons (Fsp3) is 0.0806. The Balaban J connectivity index is 1.01. The lowest BCUT2D eigenvalue weighted by molar-refractivity contribution is -0.548. The van der Waals surface area contributed by atoms with E-state index in [9.17, 15) is 0 Å². The fourth-order valence-electron chi connectivity index (χ4n) is 11.3. The van der Waals surface area contributed by atoms with Crippen LogP contribution in [0.2, 0.25) is 0 Å². The van der Waals surface area contributed by atoms with Crippen molar-refractivity contribution in [3.05, 3.63) is 218 Å². The molecule has 0 amide bonds. The minimum atomic E-state index is -0.200. The Bertz CT molecular complexity index is 3900. The van der Waals surface area contributed by atoms with Crippen molar-refractivity contribution in [2.45, 2.75) is 32.1 Å². The summed E-state index contributed by atoms with van der Waals surface area (Å²) in [5, 5.41) is 6.22. The summed E-state index contributed by atoms with van der Waals surface area (Å²) >= 11 is 1.93. The summed E-state index contributed by atoms with van der Waals surface area (Å²) in [7, 11) is 0. The number of rotatable bonds is 7. The molecule has 4 aromatic heterocycles. The van der Waals surface area contributed by atoms with Crippen molar-refractivity contribution in [2.75, 3.05) is 0 Å². The van der Waals surface area contributed by atoms with Crippen LogP contribution in [0.5, 0.6) is 0 Å². The van der Waals surface area contributed by atoms with Gasteiger partial charge >= 0.3 is 0 Å². The molecule has 66 heavy (non-hydrogen) atoms. The molecule has 0 saturated heterocycles. The van der Waals surface area contributed by atoms with Crippen LogP contribution in [0, 0.1) is 0 Å². The molecule has 0 radical (unpaired) electrons. The predicted octanol–water partition coefficient (Wildman–Crippen LogP) is 16.6. The lowest BCUT2D eigenvalue weighted by Gasteiger charge is -2.35. The minimum absolute atomic E-state index is 0.200. The van der Waals surface area contributed by atoms with Crippen LogP contribution in [0.25, 0.3) is 115 Å². The van der Waals surface area contributed by atoms with Gasteiger partial charge in [-0.25, -0.2) is 0 Å². The highest BCUT2D eigenvalue weighted by atomic mass is 32.1. The molecule has 13 rings (SSSR count). The van der Waals surface area contributed by atoms with E-state index in [1.54, 1.807) is 0 Å². The lowest BCUT2D eigenvalue weighted by Crippen LogP contribution is -2.49. The molecule has 0 N–H and O–H groups in total. The minimum Gasteiger partial charge on any atom is -0.309 e. The molecule has 0 fully saturated rings.